The fraction of sp³-hybridized carbons (Fsp3) is 0.485. The van der Waals surface area contributed by atoms with Gasteiger partial charge in [0.2, 0.25) is 11.8 Å². The van der Waals surface area contributed by atoms with Crippen LogP contribution < -0.4 is 5.32 Å². The predicted octanol–water partition coefficient (Wildman–Crippen LogP) is 5.00. The highest BCUT2D eigenvalue weighted by Crippen LogP contribution is 2.30. The third kappa shape index (κ3) is 6.06. The first kappa shape index (κ1) is 28.5. The summed E-state index contributed by atoms with van der Waals surface area (Å²) in [6.45, 7) is 6.68. The van der Waals surface area contributed by atoms with Crippen LogP contribution in [0, 0.1) is 6.92 Å². The van der Waals surface area contributed by atoms with E-state index in [4.69, 9.17) is 9.51 Å². The number of benzene rings is 2. The molecule has 2 fully saturated rings. The number of nitrogens with zero attached hydrogens (tertiary/aromatic N) is 6. The van der Waals surface area contributed by atoms with Crippen molar-refractivity contribution in [3.05, 3.63) is 71.0 Å². The largest absolute Gasteiger partial charge is 0.343 e. The highest BCUT2D eigenvalue weighted by molar-refractivity contribution is 5.92. The van der Waals surface area contributed by atoms with Crippen molar-refractivity contribution in [3.8, 4) is 0 Å². The van der Waals surface area contributed by atoms with Gasteiger partial charge in [-0.2, -0.15) is 10.1 Å². The summed E-state index contributed by atoms with van der Waals surface area (Å²) in [5, 5.41) is 15.7. The molecular formula is C33H40N8O3. The van der Waals surface area contributed by atoms with E-state index < -0.39 is 0 Å². The van der Waals surface area contributed by atoms with Crippen LogP contribution in [0.4, 0.5) is 10.5 Å². The molecule has 1 unspecified atom stereocenters. The molecule has 3 amide bonds. The van der Waals surface area contributed by atoms with E-state index >= 15 is 0 Å². The highest BCUT2D eigenvalue weighted by Gasteiger charge is 2.34. The van der Waals surface area contributed by atoms with E-state index in [0.717, 1.165) is 59.2 Å². The second kappa shape index (κ2) is 12.4. The lowest BCUT2D eigenvalue weighted by atomic mass is 9.93. The highest BCUT2D eigenvalue weighted by atomic mass is 16.5. The number of rotatable bonds is 8. The van der Waals surface area contributed by atoms with Gasteiger partial charge in [0.05, 0.1) is 24.2 Å². The summed E-state index contributed by atoms with van der Waals surface area (Å²) in [5.41, 5.74) is 5.26. The van der Waals surface area contributed by atoms with Crippen LogP contribution in [-0.2, 0) is 24.3 Å². The second-order valence-corrected chi connectivity index (χ2v) is 12.6. The zero-order chi connectivity index (χ0) is 30.0. The summed E-state index contributed by atoms with van der Waals surface area (Å²) < 4.78 is 5.84. The van der Waals surface area contributed by atoms with Gasteiger partial charge in [0.15, 0.2) is 5.82 Å². The summed E-state index contributed by atoms with van der Waals surface area (Å²) in [5.74, 6) is 1.05. The molecule has 0 saturated carbocycles. The minimum atomic E-state index is -0.240. The number of hydrogen-bond donors (Lipinski definition) is 2. The molecule has 11 nitrogen and oxygen atoms in total. The van der Waals surface area contributed by atoms with E-state index in [-0.39, 0.29) is 30.3 Å². The molecule has 4 aromatic rings. The molecule has 5 heterocycles. The molecule has 0 radical (unpaired) electrons. The number of aromatic amines is 1. The first-order valence-corrected chi connectivity index (χ1v) is 15.9. The van der Waals surface area contributed by atoms with E-state index in [1.807, 2.05) is 34.2 Å². The van der Waals surface area contributed by atoms with Crippen LogP contribution in [0.2, 0.25) is 0 Å². The van der Waals surface area contributed by atoms with Crippen molar-refractivity contribution in [2.24, 2.45) is 0 Å². The lowest BCUT2D eigenvalue weighted by molar-refractivity contribution is -0.133. The number of H-pyrrole nitrogens is 1. The van der Waals surface area contributed by atoms with Crippen LogP contribution in [0.25, 0.3) is 10.9 Å². The summed E-state index contributed by atoms with van der Waals surface area (Å²) in [6.07, 6.45) is 7.91. The van der Waals surface area contributed by atoms with Crippen molar-refractivity contribution in [2.45, 2.75) is 76.9 Å². The van der Waals surface area contributed by atoms with Crippen molar-refractivity contribution in [3.63, 3.8) is 0 Å². The van der Waals surface area contributed by atoms with Crippen molar-refractivity contribution in [2.75, 3.05) is 31.5 Å². The van der Waals surface area contributed by atoms with Gasteiger partial charge < -0.3 is 19.6 Å². The molecule has 2 saturated heterocycles. The average molecular weight is 597 g/mol. The number of amides is 3. The Balaban J connectivity index is 1.04. The Labute approximate surface area is 257 Å². The average Bonchev–Trinajstić information content (AvgIpc) is 3.71. The minimum absolute atomic E-state index is 0.0600. The van der Waals surface area contributed by atoms with Crippen LogP contribution in [0.5, 0.6) is 0 Å². The number of carbonyl (C=O) groups excluding carboxylic acids is 2. The van der Waals surface area contributed by atoms with Gasteiger partial charge >= 0.3 is 6.03 Å². The Hall–Kier alpha value is -4.25. The monoisotopic (exact) mass is 596 g/mol. The standard InChI is InChI=1S/C33H40N8O3/c1-22-15-23(17-26-19-34-37-31(22)26)16-25(32-36-29(38-44-32)21-39-11-5-2-6-12-39)18-30(42)40-13-9-27(10-14-40)41-20-24-7-3-4-8-28(24)35-33(41)43/h3-4,7-8,15,17,19,25,27H,2,5-6,9-14,16,18,20-21H2,1H3,(H,34,37)(H,35,43). The number of aryl methyl sites for hydroxylation is 1. The van der Waals surface area contributed by atoms with Gasteiger partial charge in [-0.05, 0) is 80.9 Å². The Morgan fingerprint density at radius 1 is 1.09 bits per heavy atom. The molecule has 3 aliphatic heterocycles. The van der Waals surface area contributed by atoms with Gasteiger partial charge in [0.1, 0.15) is 0 Å². The molecule has 44 heavy (non-hydrogen) atoms. The number of urea groups is 1. The van der Waals surface area contributed by atoms with Crippen LogP contribution in [0.1, 0.15) is 72.8 Å². The molecule has 1 atom stereocenters. The van der Waals surface area contributed by atoms with Crippen molar-refractivity contribution in [1.29, 1.82) is 0 Å². The maximum absolute atomic E-state index is 13.8. The number of likely N-dealkylation sites (tertiary alicyclic amines) is 2. The van der Waals surface area contributed by atoms with E-state index in [0.29, 0.717) is 44.3 Å². The quantitative estimate of drug-likeness (QED) is 0.294. The normalized spacial score (nSPS) is 18.8. The SMILES string of the molecule is Cc1cc(CC(CC(=O)N2CCC(N3Cc4ccccc4NC3=O)CC2)c2nc(CN3CCCCC3)no2)cc2cn[nH]c12. The fourth-order valence-corrected chi connectivity index (χ4v) is 7.06. The summed E-state index contributed by atoms with van der Waals surface area (Å²) >= 11 is 0. The molecule has 0 aliphatic carbocycles. The van der Waals surface area contributed by atoms with Gasteiger partial charge in [-0.1, -0.05) is 35.8 Å². The number of anilines is 1. The van der Waals surface area contributed by atoms with Crippen molar-refractivity contribution >= 4 is 28.5 Å². The van der Waals surface area contributed by atoms with Gasteiger partial charge in [-0.3, -0.25) is 14.8 Å². The number of nitrogens with one attached hydrogen (secondary N) is 2. The number of aromatic nitrogens is 4. The molecule has 2 N–H and O–H groups in total. The summed E-state index contributed by atoms with van der Waals surface area (Å²) in [4.78, 5) is 37.7. The summed E-state index contributed by atoms with van der Waals surface area (Å²) in [6, 6.07) is 12.3. The van der Waals surface area contributed by atoms with E-state index in [9.17, 15) is 9.59 Å². The molecule has 2 aromatic carbocycles. The number of piperidine rings is 2. The lowest BCUT2D eigenvalue weighted by Gasteiger charge is -2.40. The molecule has 2 aromatic heterocycles. The van der Waals surface area contributed by atoms with Gasteiger partial charge in [0.25, 0.3) is 0 Å². The minimum Gasteiger partial charge on any atom is -0.343 e. The Kier molecular flexibility index (Phi) is 8.03. The van der Waals surface area contributed by atoms with Gasteiger partial charge in [-0.25, -0.2) is 4.79 Å². The maximum Gasteiger partial charge on any atom is 0.322 e. The van der Waals surface area contributed by atoms with Crippen LogP contribution in [0.3, 0.4) is 0 Å². The van der Waals surface area contributed by atoms with Crippen molar-refractivity contribution < 1.29 is 14.1 Å². The third-order valence-electron chi connectivity index (χ3n) is 9.47. The molecular weight excluding hydrogens is 556 g/mol. The number of carbonyl (C=O) groups is 2. The molecule has 0 bridgehead atoms. The number of para-hydroxylation sites is 1. The first-order valence-electron chi connectivity index (χ1n) is 15.9. The second-order valence-electron chi connectivity index (χ2n) is 12.6. The molecule has 11 heteroatoms. The lowest BCUT2D eigenvalue weighted by Crippen LogP contribution is -2.51. The first-order chi connectivity index (χ1) is 21.5. The fourth-order valence-electron chi connectivity index (χ4n) is 7.06. The van der Waals surface area contributed by atoms with E-state index in [2.05, 4.69) is 50.7 Å². The third-order valence-corrected chi connectivity index (χ3v) is 9.47. The van der Waals surface area contributed by atoms with E-state index in [1.165, 1.54) is 19.3 Å². The predicted molar refractivity (Wildman–Crippen MR) is 166 cm³/mol. The van der Waals surface area contributed by atoms with E-state index in [1.54, 1.807) is 0 Å². The number of fused-ring (bicyclic) bond motifs is 2. The van der Waals surface area contributed by atoms with Gasteiger partial charge in [0, 0.05) is 43.2 Å². The molecule has 230 valence electrons. The topological polar surface area (TPSA) is 123 Å². The maximum atomic E-state index is 13.8. The smallest absolute Gasteiger partial charge is 0.322 e. The van der Waals surface area contributed by atoms with Crippen molar-refractivity contribution in [1.82, 2.24) is 35.0 Å². The summed E-state index contributed by atoms with van der Waals surface area (Å²) in [7, 11) is 0. The Morgan fingerprint density at radius 2 is 1.91 bits per heavy atom. The number of hydrogen-bond acceptors (Lipinski definition) is 7. The molecule has 3 aliphatic rings. The van der Waals surface area contributed by atoms with Crippen LogP contribution >= 0.6 is 0 Å². The van der Waals surface area contributed by atoms with Gasteiger partial charge in [-0.15, -0.1) is 0 Å². The molecule has 7 rings (SSSR count). The Morgan fingerprint density at radius 3 is 2.75 bits per heavy atom. The Bertz CT molecular complexity index is 1630. The molecule has 0 spiro atoms. The zero-order valence-electron chi connectivity index (χ0n) is 25.3. The van der Waals surface area contributed by atoms with Crippen LogP contribution in [0.15, 0.2) is 47.1 Å². The zero-order valence-corrected chi connectivity index (χ0v) is 25.3. The van der Waals surface area contributed by atoms with Crippen LogP contribution in [-0.4, -0.2) is 79.2 Å².